The number of carbonyl (C=O) groups excluding carboxylic acids is 2. The molecule has 7 heteroatoms. The number of ether oxygens (including phenoxy) is 1. The molecule has 0 bridgehead atoms. The van der Waals surface area contributed by atoms with Crippen LogP contribution in [0.3, 0.4) is 0 Å². The molecule has 2 aromatic carbocycles. The van der Waals surface area contributed by atoms with Gasteiger partial charge in [-0.15, -0.1) is 5.10 Å². The summed E-state index contributed by atoms with van der Waals surface area (Å²) in [6.07, 6.45) is 1.46. The van der Waals surface area contributed by atoms with Gasteiger partial charge in [-0.2, -0.15) is 0 Å². The molecule has 3 aromatic rings. The lowest BCUT2D eigenvalue weighted by molar-refractivity contribution is -0.117. The van der Waals surface area contributed by atoms with Crippen LogP contribution < -0.4 is 9.64 Å². The maximum Gasteiger partial charge on any atom is 0.343 e. The number of nitrogens with zero attached hydrogens (tertiary/aromatic N) is 4. The van der Waals surface area contributed by atoms with Crippen LogP contribution in [0.2, 0.25) is 0 Å². The van der Waals surface area contributed by atoms with Crippen molar-refractivity contribution in [1.82, 2.24) is 15.0 Å². The Morgan fingerprint density at radius 2 is 2.00 bits per heavy atom. The van der Waals surface area contributed by atoms with Crippen molar-refractivity contribution in [1.29, 1.82) is 0 Å². The van der Waals surface area contributed by atoms with Crippen LogP contribution >= 0.6 is 0 Å². The van der Waals surface area contributed by atoms with E-state index < -0.39 is 5.97 Å². The molecule has 0 N–H and O–H groups in total. The second kappa shape index (κ2) is 6.59. The Hall–Kier alpha value is -3.22. The number of hydrogen-bond donors (Lipinski definition) is 0. The average Bonchev–Trinajstić information content (AvgIpc) is 3.27. The highest BCUT2D eigenvalue weighted by atomic mass is 16.5. The summed E-state index contributed by atoms with van der Waals surface area (Å²) in [5, 5.41) is 8.10. The summed E-state index contributed by atoms with van der Waals surface area (Å²) in [5.41, 5.74) is 2.78. The largest absolute Gasteiger partial charge is 0.423 e. The van der Waals surface area contributed by atoms with Gasteiger partial charge in [0.1, 0.15) is 11.3 Å². The summed E-state index contributed by atoms with van der Waals surface area (Å²) in [6, 6.07) is 12.2. The standard InChI is InChI=1S/C19H18N4O3/c1-2-23-17-10-5-13(12-16(17)20-21-23)19(25)26-15-8-6-14(7-9-15)22-11-3-4-18(22)24/h5-10,12H,2-4,11H2,1H3. The number of carbonyl (C=O) groups is 2. The number of esters is 1. The molecule has 1 amide bonds. The first-order valence-corrected chi connectivity index (χ1v) is 8.61. The van der Waals surface area contributed by atoms with Crippen molar-refractivity contribution >= 4 is 28.6 Å². The van der Waals surface area contributed by atoms with Gasteiger partial charge in [0, 0.05) is 25.2 Å². The van der Waals surface area contributed by atoms with Gasteiger partial charge < -0.3 is 9.64 Å². The Morgan fingerprint density at radius 3 is 2.69 bits per heavy atom. The lowest BCUT2D eigenvalue weighted by atomic mass is 10.2. The smallest absolute Gasteiger partial charge is 0.343 e. The molecule has 0 saturated carbocycles. The van der Waals surface area contributed by atoms with Crippen LogP contribution in [0.25, 0.3) is 11.0 Å². The number of anilines is 1. The van der Waals surface area contributed by atoms with E-state index in [1.165, 1.54) is 0 Å². The van der Waals surface area contributed by atoms with Crippen LogP contribution in [0.15, 0.2) is 42.5 Å². The Bertz CT molecular complexity index is 978. The van der Waals surface area contributed by atoms with Crippen LogP contribution in [-0.2, 0) is 11.3 Å². The molecular formula is C19H18N4O3. The van der Waals surface area contributed by atoms with Gasteiger partial charge >= 0.3 is 5.97 Å². The Labute approximate surface area is 150 Å². The molecule has 1 saturated heterocycles. The molecule has 0 spiro atoms. The van der Waals surface area contributed by atoms with E-state index in [-0.39, 0.29) is 5.91 Å². The fourth-order valence-corrected chi connectivity index (χ4v) is 3.11. The number of aromatic nitrogens is 3. The SMILES string of the molecule is CCn1nnc2cc(C(=O)Oc3ccc(N4CCCC4=O)cc3)ccc21. The zero-order chi connectivity index (χ0) is 18.1. The van der Waals surface area contributed by atoms with Gasteiger partial charge in [0.25, 0.3) is 0 Å². The summed E-state index contributed by atoms with van der Waals surface area (Å²) in [5.74, 6) is 0.105. The van der Waals surface area contributed by atoms with Gasteiger partial charge in [0.15, 0.2) is 0 Å². The molecule has 26 heavy (non-hydrogen) atoms. The second-order valence-corrected chi connectivity index (χ2v) is 6.14. The predicted molar refractivity (Wildman–Crippen MR) is 96.2 cm³/mol. The van der Waals surface area contributed by atoms with E-state index in [1.807, 2.05) is 13.0 Å². The Morgan fingerprint density at radius 1 is 1.19 bits per heavy atom. The molecule has 2 heterocycles. The van der Waals surface area contributed by atoms with E-state index >= 15 is 0 Å². The molecule has 1 aliphatic heterocycles. The first kappa shape index (κ1) is 16.3. The quantitative estimate of drug-likeness (QED) is 0.534. The van der Waals surface area contributed by atoms with Crippen molar-refractivity contribution in [2.24, 2.45) is 0 Å². The molecule has 1 aromatic heterocycles. The zero-order valence-corrected chi connectivity index (χ0v) is 14.4. The third kappa shape index (κ3) is 2.92. The van der Waals surface area contributed by atoms with Gasteiger partial charge in [-0.05, 0) is 55.8 Å². The molecule has 0 atom stereocenters. The minimum absolute atomic E-state index is 0.128. The molecule has 0 aliphatic carbocycles. The van der Waals surface area contributed by atoms with Crippen LogP contribution in [0, 0.1) is 0 Å². The minimum atomic E-state index is -0.456. The number of aryl methyl sites for hydroxylation is 1. The van der Waals surface area contributed by atoms with Gasteiger partial charge in [0.05, 0.1) is 11.1 Å². The molecule has 1 aliphatic rings. The van der Waals surface area contributed by atoms with E-state index in [0.29, 0.717) is 29.8 Å². The summed E-state index contributed by atoms with van der Waals surface area (Å²) in [6.45, 7) is 3.43. The first-order valence-electron chi connectivity index (χ1n) is 8.61. The van der Waals surface area contributed by atoms with Crippen molar-refractivity contribution < 1.29 is 14.3 Å². The molecule has 4 rings (SSSR count). The fourth-order valence-electron chi connectivity index (χ4n) is 3.11. The summed E-state index contributed by atoms with van der Waals surface area (Å²) in [4.78, 5) is 25.9. The highest BCUT2D eigenvalue weighted by molar-refractivity contribution is 5.96. The number of amides is 1. The van der Waals surface area contributed by atoms with E-state index in [9.17, 15) is 9.59 Å². The number of fused-ring (bicyclic) bond motifs is 1. The Balaban J connectivity index is 1.50. The molecule has 0 radical (unpaired) electrons. The summed E-state index contributed by atoms with van der Waals surface area (Å²) >= 11 is 0. The van der Waals surface area contributed by atoms with Crippen molar-refractivity contribution in [3.05, 3.63) is 48.0 Å². The first-order chi connectivity index (χ1) is 12.7. The monoisotopic (exact) mass is 350 g/mol. The zero-order valence-electron chi connectivity index (χ0n) is 14.4. The second-order valence-electron chi connectivity index (χ2n) is 6.14. The lowest BCUT2D eigenvalue weighted by Gasteiger charge is -2.15. The lowest BCUT2D eigenvalue weighted by Crippen LogP contribution is -2.23. The van der Waals surface area contributed by atoms with Crippen molar-refractivity contribution in [3.8, 4) is 5.75 Å². The minimum Gasteiger partial charge on any atom is -0.423 e. The third-order valence-electron chi connectivity index (χ3n) is 4.48. The van der Waals surface area contributed by atoms with Crippen molar-refractivity contribution in [3.63, 3.8) is 0 Å². The number of benzene rings is 2. The van der Waals surface area contributed by atoms with E-state index in [0.717, 1.165) is 24.2 Å². The highest BCUT2D eigenvalue weighted by Gasteiger charge is 2.21. The van der Waals surface area contributed by atoms with Gasteiger partial charge in [-0.3, -0.25) is 4.79 Å². The number of rotatable bonds is 4. The van der Waals surface area contributed by atoms with Gasteiger partial charge in [0.2, 0.25) is 5.91 Å². The Kier molecular flexibility index (Phi) is 4.12. The van der Waals surface area contributed by atoms with Crippen molar-refractivity contribution in [2.75, 3.05) is 11.4 Å². The fraction of sp³-hybridized carbons (Fsp3) is 0.263. The average molecular weight is 350 g/mol. The number of hydrogen-bond acceptors (Lipinski definition) is 5. The van der Waals surface area contributed by atoms with Gasteiger partial charge in [-0.25, -0.2) is 9.48 Å². The van der Waals surface area contributed by atoms with E-state index in [2.05, 4.69) is 10.3 Å². The molecule has 0 unspecified atom stereocenters. The summed E-state index contributed by atoms with van der Waals surface area (Å²) in [7, 11) is 0. The third-order valence-corrected chi connectivity index (χ3v) is 4.48. The van der Waals surface area contributed by atoms with Crippen LogP contribution in [0.4, 0.5) is 5.69 Å². The normalized spacial score (nSPS) is 14.2. The molecular weight excluding hydrogens is 332 g/mol. The molecule has 7 nitrogen and oxygen atoms in total. The maximum atomic E-state index is 12.4. The van der Waals surface area contributed by atoms with E-state index in [1.54, 1.807) is 46.0 Å². The molecule has 132 valence electrons. The van der Waals surface area contributed by atoms with Crippen LogP contribution in [0.5, 0.6) is 5.75 Å². The summed E-state index contributed by atoms with van der Waals surface area (Å²) < 4.78 is 7.20. The highest BCUT2D eigenvalue weighted by Crippen LogP contribution is 2.24. The maximum absolute atomic E-state index is 12.4. The predicted octanol–water partition coefficient (Wildman–Crippen LogP) is 2.80. The van der Waals surface area contributed by atoms with Gasteiger partial charge in [-0.1, -0.05) is 5.21 Å². The van der Waals surface area contributed by atoms with Crippen LogP contribution in [0.1, 0.15) is 30.1 Å². The topological polar surface area (TPSA) is 77.3 Å². The van der Waals surface area contributed by atoms with Crippen LogP contribution in [-0.4, -0.2) is 33.4 Å². The van der Waals surface area contributed by atoms with E-state index in [4.69, 9.17) is 4.74 Å². The molecule has 1 fully saturated rings. The van der Waals surface area contributed by atoms with Crippen molar-refractivity contribution in [2.45, 2.75) is 26.3 Å².